The Hall–Kier alpha value is -1.26. The van der Waals surface area contributed by atoms with E-state index in [1.807, 2.05) is 13.0 Å². The highest BCUT2D eigenvalue weighted by atomic mass is 35.5. The minimum absolute atomic E-state index is 0.0160. The van der Waals surface area contributed by atoms with Crippen LogP contribution in [-0.2, 0) is 4.79 Å². The summed E-state index contributed by atoms with van der Waals surface area (Å²) in [5.41, 5.74) is 0.759. The van der Waals surface area contributed by atoms with Crippen LogP contribution in [0.4, 0.5) is 5.69 Å². The van der Waals surface area contributed by atoms with E-state index in [0.717, 1.165) is 12.1 Å². The van der Waals surface area contributed by atoms with Crippen molar-refractivity contribution in [2.45, 2.75) is 19.8 Å². The summed E-state index contributed by atoms with van der Waals surface area (Å²) in [4.78, 5) is 13.5. The van der Waals surface area contributed by atoms with Gasteiger partial charge in [0.2, 0.25) is 5.91 Å². The second-order valence-electron chi connectivity index (χ2n) is 4.72. The lowest BCUT2D eigenvalue weighted by Gasteiger charge is -2.17. The SMILES string of the molecule is CCCOc1ccc(N2CC(CO)CC2=O)cc1Cl. The van der Waals surface area contributed by atoms with E-state index in [1.165, 1.54) is 0 Å². The molecule has 0 aliphatic carbocycles. The number of anilines is 1. The quantitative estimate of drug-likeness (QED) is 0.903. The number of aliphatic hydroxyl groups is 1. The molecule has 1 aliphatic heterocycles. The molecule has 0 radical (unpaired) electrons. The molecule has 1 atom stereocenters. The van der Waals surface area contributed by atoms with Gasteiger partial charge in [-0.2, -0.15) is 0 Å². The standard InChI is InChI=1S/C14H18ClNO3/c1-2-5-19-13-4-3-11(7-12(13)15)16-8-10(9-17)6-14(16)18/h3-4,7,10,17H,2,5-6,8-9H2,1H3. The summed E-state index contributed by atoms with van der Waals surface area (Å²) in [7, 11) is 0. The molecule has 1 heterocycles. The van der Waals surface area contributed by atoms with Crippen molar-refractivity contribution in [1.29, 1.82) is 0 Å². The highest BCUT2D eigenvalue weighted by molar-refractivity contribution is 6.32. The maximum absolute atomic E-state index is 11.9. The van der Waals surface area contributed by atoms with Crippen molar-refractivity contribution in [2.75, 3.05) is 24.7 Å². The van der Waals surface area contributed by atoms with E-state index in [1.54, 1.807) is 17.0 Å². The summed E-state index contributed by atoms with van der Waals surface area (Å²) in [6.07, 6.45) is 1.31. The smallest absolute Gasteiger partial charge is 0.227 e. The fourth-order valence-electron chi connectivity index (χ4n) is 2.14. The number of carbonyl (C=O) groups excluding carboxylic acids is 1. The van der Waals surface area contributed by atoms with Gasteiger partial charge >= 0.3 is 0 Å². The molecule has 0 aromatic heterocycles. The number of benzene rings is 1. The lowest BCUT2D eigenvalue weighted by atomic mass is 10.1. The first-order chi connectivity index (χ1) is 9.15. The molecule has 1 unspecified atom stereocenters. The maximum Gasteiger partial charge on any atom is 0.227 e. The van der Waals surface area contributed by atoms with Gasteiger partial charge in [0.1, 0.15) is 5.75 Å². The zero-order valence-corrected chi connectivity index (χ0v) is 11.7. The summed E-state index contributed by atoms with van der Waals surface area (Å²) >= 11 is 6.15. The maximum atomic E-state index is 11.9. The van der Waals surface area contributed by atoms with E-state index in [0.29, 0.717) is 30.3 Å². The van der Waals surface area contributed by atoms with Crippen LogP contribution in [0.5, 0.6) is 5.75 Å². The van der Waals surface area contributed by atoms with Gasteiger partial charge in [-0.1, -0.05) is 18.5 Å². The Kier molecular flexibility index (Phi) is 4.66. The van der Waals surface area contributed by atoms with Crippen LogP contribution in [0.15, 0.2) is 18.2 Å². The summed E-state index contributed by atoms with van der Waals surface area (Å²) < 4.78 is 5.50. The van der Waals surface area contributed by atoms with Gasteiger partial charge in [-0.15, -0.1) is 0 Å². The third kappa shape index (κ3) is 3.19. The molecule has 0 saturated carbocycles. The highest BCUT2D eigenvalue weighted by Gasteiger charge is 2.30. The average Bonchev–Trinajstić information content (AvgIpc) is 2.78. The third-order valence-electron chi connectivity index (χ3n) is 3.15. The molecule has 1 aromatic carbocycles. The number of ether oxygens (including phenoxy) is 1. The minimum atomic E-state index is 0.0160. The molecule has 4 nitrogen and oxygen atoms in total. The number of hydrogen-bond acceptors (Lipinski definition) is 3. The monoisotopic (exact) mass is 283 g/mol. The summed E-state index contributed by atoms with van der Waals surface area (Å²) in [6.45, 7) is 3.23. The molecule has 0 bridgehead atoms. The van der Waals surface area contributed by atoms with Crippen molar-refractivity contribution in [3.63, 3.8) is 0 Å². The topological polar surface area (TPSA) is 49.8 Å². The second-order valence-corrected chi connectivity index (χ2v) is 5.13. The number of amides is 1. The largest absolute Gasteiger partial charge is 0.492 e. The first kappa shape index (κ1) is 14.2. The van der Waals surface area contributed by atoms with Crippen molar-refractivity contribution in [1.82, 2.24) is 0 Å². The lowest BCUT2D eigenvalue weighted by molar-refractivity contribution is -0.117. The number of hydrogen-bond donors (Lipinski definition) is 1. The van der Waals surface area contributed by atoms with E-state index in [2.05, 4.69) is 0 Å². The number of aliphatic hydroxyl groups excluding tert-OH is 1. The Morgan fingerprint density at radius 1 is 1.53 bits per heavy atom. The van der Waals surface area contributed by atoms with Crippen molar-refractivity contribution in [3.8, 4) is 5.75 Å². The van der Waals surface area contributed by atoms with Gasteiger partial charge < -0.3 is 14.7 Å². The number of rotatable bonds is 5. The second kappa shape index (κ2) is 6.26. The van der Waals surface area contributed by atoms with Gasteiger partial charge in [0, 0.05) is 31.2 Å². The third-order valence-corrected chi connectivity index (χ3v) is 3.45. The van der Waals surface area contributed by atoms with Gasteiger partial charge in [0.15, 0.2) is 0 Å². The number of nitrogens with zero attached hydrogens (tertiary/aromatic N) is 1. The number of carbonyl (C=O) groups is 1. The molecule has 1 fully saturated rings. The zero-order valence-electron chi connectivity index (χ0n) is 10.9. The average molecular weight is 284 g/mol. The Bertz CT molecular complexity index is 464. The van der Waals surface area contributed by atoms with E-state index >= 15 is 0 Å². The molecule has 1 aromatic rings. The van der Waals surface area contributed by atoms with Crippen molar-refractivity contribution in [2.24, 2.45) is 5.92 Å². The van der Waals surface area contributed by atoms with Crippen LogP contribution < -0.4 is 9.64 Å². The number of halogens is 1. The summed E-state index contributed by atoms with van der Waals surface area (Å²) in [6, 6.07) is 5.35. The molecule has 19 heavy (non-hydrogen) atoms. The van der Waals surface area contributed by atoms with Gasteiger partial charge in [-0.3, -0.25) is 4.79 Å². The molecule has 1 amide bonds. The minimum Gasteiger partial charge on any atom is -0.492 e. The Morgan fingerprint density at radius 3 is 2.89 bits per heavy atom. The normalized spacial score (nSPS) is 19.0. The molecular weight excluding hydrogens is 266 g/mol. The van der Waals surface area contributed by atoms with Crippen LogP contribution in [0.25, 0.3) is 0 Å². The Balaban J connectivity index is 2.13. The van der Waals surface area contributed by atoms with Crippen molar-refractivity contribution in [3.05, 3.63) is 23.2 Å². The molecule has 104 valence electrons. The predicted octanol–water partition coefficient (Wildman–Crippen LogP) is 2.47. The van der Waals surface area contributed by atoms with E-state index < -0.39 is 0 Å². The highest BCUT2D eigenvalue weighted by Crippen LogP contribution is 2.32. The molecule has 1 N–H and O–H groups in total. The first-order valence-electron chi connectivity index (χ1n) is 6.49. The van der Waals surface area contributed by atoms with Gasteiger partial charge in [0.05, 0.1) is 11.6 Å². The molecule has 5 heteroatoms. The van der Waals surface area contributed by atoms with Crippen LogP contribution in [0.2, 0.25) is 5.02 Å². The molecule has 2 rings (SSSR count). The van der Waals surface area contributed by atoms with Crippen LogP contribution in [0, 0.1) is 5.92 Å². The Labute approximate surface area is 117 Å². The first-order valence-corrected chi connectivity index (χ1v) is 6.87. The molecule has 0 spiro atoms. The Morgan fingerprint density at radius 2 is 2.32 bits per heavy atom. The fourth-order valence-corrected chi connectivity index (χ4v) is 2.37. The van der Waals surface area contributed by atoms with Gasteiger partial charge in [0.25, 0.3) is 0 Å². The van der Waals surface area contributed by atoms with Gasteiger partial charge in [-0.25, -0.2) is 0 Å². The fraction of sp³-hybridized carbons (Fsp3) is 0.500. The van der Waals surface area contributed by atoms with E-state index in [-0.39, 0.29) is 18.4 Å². The lowest BCUT2D eigenvalue weighted by Crippen LogP contribution is -2.24. The predicted molar refractivity (Wildman–Crippen MR) is 74.8 cm³/mol. The van der Waals surface area contributed by atoms with Crippen molar-refractivity contribution < 1.29 is 14.6 Å². The molecule has 1 saturated heterocycles. The molecular formula is C14H18ClNO3. The van der Waals surface area contributed by atoms with Crippen LogP contribution in [-0.4, -0.2) is 30.8 Å². The van der Waals surface area contributed by atoms with Crippen LogP contribution in [0.3, 0.4) is 0 Å². The van der Waals surface area contributed by atoms with Crippen molar-refractivity contribution >= 4 is 23.2 Å². The van der Waals surface area contributed by atoms with Crippen LogP contribution >= 0.6 is 11.6 Å². The van der Waals surface area contributed by atoms with E-state index in [9.17, 15) is 4.79 Å². The molecule has 1 aliphatic rings. The zero-order chi connectivity index (χ0) is 13.8. The van der Waals surface area contributed by atoms with Crippen LogP contribution in [0.1, 0.15) is 19.8 Å². The summed E-state index contributed by atoms with van der Waals surface area (Å²) in [5.74, 6) is 0.678. The van der Waals surface area contributed by atoms with E-state index in [4.69, 9.17) is 21.4 Å². The summed E-state index contributed by atoms with van der Waals surface area (Å²) in [5, 5.41) is 9.63. The van der Waals surface area contributed by atoms with Gasteiger partial charge in [-0.05, 0) is 24.6 Å².